The number of esters is 1. The van der Waals surface area contributed by atoms with Gasteiger partial charge >= 0.3 is 5.97 Å². The summed E-state index contributed by atoms with van der Waals surface area (Å²) in [5, 5.41) is 3.08. The molecule has 0 saturated carbocycles. The van der Waals surface area contributed by atoms with Crippen molar-refractivity contribution in [3.05, 3.63) is 35.9 Å². The van der Waals surface area contributed by atoms with Crippen LogP contribution in [0.4, 0.5) is 0 Å². The molecule has 300 valence electrons. The molecule has 1 aromatic rings. The summed E-state index contributed by atoms with van der Waals surface area (Å²) < 4.78 is 17.1. The molecule has 1 saturated heterocycles. The van der Waals surface area contributed by atoms with Gasteiger partial charge in [-0.15, -0.1) is 0 Å². The quantitative estimate of drug-likeness (QED) is 0.147. The van der Waals surface area contributed by atoms with Crippen LogP contribution in [0.2, 0.25) is 0 Å². The highest BCUT2D eigenvalue weighted by atomic mass is 16.5. The van der Waals surface area contributed by atoms with Gasteiger partial charge in [-0.25, -0.2) is 0 Å². The van der Waals surface area contributed by atoms with E-state index in [0.29, 0.717) is 25.9 Å². The average Bonchev–Trinajstić information content (AvgIpc) is 3.62. The minimum atomic E-state index is -0.635. The molecule has 8 atom stereocenters. The Morgan fingerprint density at radius 3 is 2.13 bits per heavy atom. The first-order valence-corrected chi connectivity index (χ1v) is 19.4. The lowest BCUT2D eigenvalue weighted by atomic mass is 9.79. The van der Waals surface area contributed by atoms with Crippen LogP contribution in [0.25, 0.3) is 0 Å². The zero-order valence-corrected chi connectivity index (χ0v) is 34.6. The molecule has 11 heteroatoms. The van der Waals surface area contributed by atoms with Crippen molar-refractivity contribution in [2.24, 2.45) is 35.0 Å². The third-order valence-electron chi connectivity index (χ3n) is 11.6. The van der Waals surface area contributed by atoms with Crippen molar-refractivity contribution in [1.82, 2.24) is 15.1 Å². The van der Waals surface area contributed by atoms with Crippen molar-refractivity contribution >= 4 is 29.4 Å². The van der Waals surface area contributed by atoms with Crippen LogP contribution in [0.15, 0.2) is 30.3 Å². The third kappa shape index (κ3) is 12.4. The maximum atomic E-state index is 14.2. The molecule has 1 aliphatic rings. The number of nitrogens with zero attached hydrogens (tertiary/aromatic N) is 2. The van der Waals surface area contributed by atoms with Gasteiger partial charge in [0.2, 0.25) is 11.8 Å². The second-order valence-electron chi connectivity index (χ2n) is 16.1. The van der Waals surface area contributed by atoms with E-state index in [1.54, 1.807) is 31.1 Å². The molecule has 0 bridgehead atoms. The highest BCUT2D eigenvalue weighted by molar-refractivity contribution is 5.90. The van der Waals surface area contributed by atoms with Crippen molar-refractivity contribution in [3.8, 4) is 0 Å². The van der Waals surface area contributed by atoms with E-state index in [4.69, 9.17) is 14.2 Å². The lowest BCUT2D eigenvalue weighted by molar-refractivity contribution is -0.150. The smallest absolute Gasteiger partial charge is 0.309 e. The first-order chi connectivity index (χ1) is 25.0. The topological polar surface area (TPSA) is 132 Å². The molecule has 1 fully saturated rings. The molecule has 1 N–H and O–H groups in total. The van der Waals surface area contributed by atoms with Gasteiger partial charge in [-0.1, -0.05) is 85.2 Å². The van der Waals surface area contributed by atoms with E-state index >= 15 is 0 Å². The molecule has 0 spiro atoms. The van der Waals surface area contributed by atoms with Crippen molar-refractivity contribution in [2.75, 3.05) is 48.5 Å². The number of carbonyl (C=O) groups is 5. The van der Waals surface area contributed by atoms with Crippen LogP contribution in [-0.4, -0.2) is 112 Å². The van der Waals surface area contributed by atoms with Gasteiger partial charge in [-0.3, -0.25) is 24.0 Å². The monoisotopic (exact) mass is 744 g/mol. The number of methoxy groups -OCH3 is 3. The summed E-state index contributed by atoms with van der Waals surface area (Å²) >= 11 is 0. The minimum Gasteiger partial charge on any atom is -0.469 e. The Morgan fingerprint density at radius 2 is 1.60 bits per heavy atom. The summed E-state index contributed by atoms with van der Waals surface area (Å²) in [6, 6.07) is 8.79. The van der Waals surface area contributed by atoms with E-state index in [2.05, 4.69) is 19.2 Å². The van der Waals surface area contributed by atoms with E-state index in [1.807, 2.05) is 72.0 Å². The molecule has 0 radical (unpaired) electrons. The number of amides is 2. The van der Waals surface area contributed by atoms with Gasteiger partial charge in [0.1, 0.15) is 11.6 Å². The molecule has 0 aromatic heterocycles. The Hall–Kier alpha value is -3.15. The van der Waals surface area contributed by atoms with Gasteiger partial charge in [0.05, 0.1) is 43.7 Å². The normalized spacial score (nSPS) is 18.8. The Morgan fingerprint density at radius 1 is 0.962 bits per heavy atom. The fraction of sp³-hybridized carbons (Fsp3) is 0.738. The number of hydrogen-bond donors (Lipinski definition) is 1. The third-order valence-corrected chi connectivity index (χ3v) is 11.6. The maximum Gasteiger partial charge on any atom is 0.309 e. The highest BCUT2D eigenvalue weighted by Gasteiger charge is 2.43. The number of likely N-dealkylation sites (tertiary alicyclic amines) is 1. The zero-order chi connectivity index (χ0) is 40.0. The zero-order valence-electron chi connectivity index (χ0n) is 34.6. The first-order valence-electron chi connectivity index (χ1n) is 19.4. The molecule has 2 rings (SSSR count). The molecular formula is C42H69N3O8. The first kappa shape index (κ1) is 46.0. The van der Waals surface area contributed by atoms with Crippen molar-refractivity contribution in [3.63, 3.8) is 0 Å². The Labute approximate surface area is 319 Å². The number of hydrogen-bond acceptors (Lipinski definition) is 9. The van der Waals surface area contributed by atoms with Crippen LogP contribution < -0.4 is 5.32 Å². The van der Waals surface area contributed by atoms with Crippen LogP contribution in [-0.2, 0) is 44.6 Å². The number of Topliss-reactive ketones (excluding diaryl/α,β-unsaturated/α-hetero) is 2. The molecule has 11 nitrogen and oxygen atoms in total. The molecule has 1 aliphatic heterocycles. The average molecular weight is 744 g/mol. The molecule has 0 unspecified atom stereocenters. The Kier molecular flexibility index (Phi) is 18.8. The fourth-order valence-electron chi connectivity index (χ4n) is 7.96. The van der Waals surface area contributed by atoms with Crippen LogP contribution in [0.5, 0.6) is 0 Å². The predicted molar refractivity (Wildman–Crippen MR) is 207 cm³/mol. The highest BCUT2D eigenvalue weighted by Crippen LogP contribution is 2.32. The second kappa shape index (κ2) is 21.7. The Balaban J connectivity index is 2.28. The number of benzene rings is 1. The van der Waals surface area contributed by atoms with Crippen LogP contribution in [0.3, 0.4) is 0 Å². The van der Waals surface area contributed by atoms with E-state index < -0.39 is 47.4 Å². The summed E-state index contributed by atoms with van der Waals surface area (Å²) in [7, 11) is 8.04. The van der Waals surface area contributed by atoms with Crippen molar-refractivity contribution in [1.29, 1.82) is 0 Å². The SMILES string of the molecule is CC[C@H](C)[C@@H]([C@@H](CC(=O)N1CCC[C@H]1[C@H](OC)[C@@H](C)C(=O)C[C@@H](Cc1ccccc1)C(=O)OC)OC)N(C)C(=O)[C@@H](CC(=O)C(C)(C)CNC)C(C)C. The number of nitrogens with one attached hydrogen (secondary N) is 1. The van der Waals surface area contributed by atoms with E-state index in [9.17, 15) is 24.0 Å². The van der Waals surface area contributed by atoms with E-state index in [-0.39, 0.29) is 60.5 Å². The summed E-state index contributed by atoms with van der Waals surface area (Å²) in [5.41, 5.74) is 0.328. The van der Waals surface area contributed by atoms with Gasteiger partial charge in [-0.2, -0.15) is 0 Å². The lowest BCUT2D eigenvalue weighted by Crippen LogP contribution is -2.54. The predicted octanol–water partition coefficient (Wildman–Crippen LogP) is 5.37. The fourth-order valence-corrected chi connectivity index (χ4v) is 7.96. The molecular weight excluding hydrogens is 674 g/mol. The standard InChI is InChI=1S/C42H69N3O8/c1-13-28(4)38(44(9)40(49)32(27(2)3)24-36(47)42(6,7)26-43-8)35(51-10)25-37(48)45-21-17-20-33(45)39(52-11)29(5)34(46)23-31(41(50)53-12)22-30-18-15-14-16-19-30/h14-16,18-19,27-29,31-33,35,38-39,43H,13,17,20-26H2,1-12H3/t28-,29-,31+,32-,33-,35+,38-,39+/m0/s1. The van der Waals surface area contributed by atoms with Crippen LogP contribution in [0.1, 0.15) is 92.6 Å². The van der Waals surface area contributed by atoms with Crippen molar-refractivity contribution in [2.45, 2.75) is 118 Å². The Bertz CT molecular complexity index is 1330. The number of rotatable bonds is 23. The van der Waals surface area contributed by atoms with Gasteiger partial charge in [0, 0.05) is 64.4 Å². The number of likely N-dealkylation sites (N-methyl/N-ethyl adjacent to an activating group) is 1. The number of ether oxygens (including phenoxy) is 3. The van der Waals surface area contributed by atoms with Gasteiger partial charge < -0.3 is 29.3 Å². The number of carbonyl (C=O) groups excluding carboxylic acids is 5. The molecule has 53 heavy (non-hydrogen) atoms. The van der Waals surface area contributed by atoms with Crippen LogP contribution >= 0.6 is 0 Å². The summed E-state index contributed by atoms with van der Waals surface area (Å²) in [6.45, 7) is 14.7. The van der Waals surface area contributed by atoms with Crippen molar-refractivity contribution < 1.29 is 38.2 Å². The van der Waals surface area contributed by atoms with E-state index in [1.165, 1.54) is 7.11 Å². The van der Waals surface area contributed by atoms with E-state index in [0.717, 1.165) is 18.4 Å². The van der Waals surface area contributed by atoms with Gasteiger partial charge in [0.25, 0.3) is 0 Å². The van der Waals surface area contributed by atoms with Gasteiger partial charge in [-0.05, 0) is 43.7 Å². The number of ketones is 2. The molecule has 0 aliphatic carbocycles. The largest absolute Gasteiger partial charge is 0.469 e. The summed E-state index contributed by atoms with van der Waals surface area (Å²) in [5.74, 6) is -2.58. The lowest BCUT2D eigenvalue weighted by Gasteiger charge is -2.41. The van der Waals surface area contributed by atoms with Gasteiger partial charge in [0.15, 0.2) is 0 Å². The minimum absolute atomic E-state index is 0.00190. The maximum absolute atomic E-state index is 14.2. The summed E-state index contributed by atoms with van der Waals surface area (Å²) in [4.78, 5) is 71.8. The molecule has 1 heterocycles. The summed E-state index contributed by atoms with van der Waals surface area (Å²) in [6.07, 6.45) is 1.57. The molecule has 2 amide bonds. The van der Waals surface area contributed by atoms with Crippen LogP contribution in [0, 0.1) is 35.0 Å². The second-order valence-corrected chi connectivity index (χ2v) is 16.1. The molecule has 1 aromatic carbocycles.